The van der Waals surface area contributed by atoms with E-state index in [4.69, 9.17) is 29.3 Å². The first-order valence-corrected chi connectivity index (χ1v) is 13.5. The molecule has 1 aromatic heterocycles. The molecule has 0 saturated carbocycles. The lowest BCUT2D eigenvalue weighted by Gasteiger charge is -2.30. The molecule has 7 N–H and O–H groups in total. The van der Waals surface area contributed by atoms with Gasteiger partial charge in [0.2, 0.25) is 0 Å². The van der Waals surface area contributed by atoms with Crippen LogP contribution in [0.3, 0.4) is 0 Å². The molecular weight excluding hydrogens is 550 g/mol. The molecular formula is C17H30N2O16P2. The van der Waals surface area contributed by atoms with Gasteiger partial charge in [0, 0.05) is 33.1 Å². The summed E-state index contributed by atoms with van der Waals surface area (Å²) in [5.41, 5.74) is -1.57. The molecule has 0 bridgehead atoms. The van der Waals surface area contributed by atoms with E-state index in [1.165, 1.54) is 0 Å². The van der Waals surface area contributed by atoms with E-state index in [1.54, 1.807) is 0 Å². The Kier molecular flexibility index (Phi) is 11.7. The van der Waals surface area contributed by atoms with E-state index in [9.17, 15) is 33.8 Å². The largest absolute Gasteiger partial charge is 0.483 e. The van der Waals surface area contributed by atoms with Crippen molar-refractivity contribution in [2.24, 2.45) is 0 Å². The summed E-state index contributed by atoms with van der Waals surface area (Å²) < 4.78 is 52.3. The first kappa shape index (κ1) is 31.9. The van der Waals surface area contributed by atoms with Crippen molar-refractivity contribution in [1.82, 2.24) is 9.55 Å². The SMILES string of the molecule is COP(=O)(O)OP(=O)(OC)OCC1OC(n2ccc(=O)[nH]c2=O)C(O)C1O.OC[C@H]1OCCC(O)C1O. The summed E-state index contributed by atoms with van der Waals surface area (Å²) in [4.78, 5) is 34.0. The monoisotopic (exact) mass is 580 g/mol. The molecule has 2 aliphatic rings. The Hall–Kier alpha value is -1.34. The molecule has 3 heterocycles. The van der Waals surface area contributed by atoms with E-state index < -0.39 is 76.4 Å². The van der Waals surface area contributed by atoms with Gasteiger partial charge in [0.15, 0.2) is 6.23 Å². The van der Waals surface area contributed by atoms with E-state index in [0.717, 1.165) is 31.0 Å². The molecule has 2 aliphatic heterocycles. The molecule has 2 saturated heterocycles. The molecule has 20 heteroatoms. The third kappa shape index (κ3) is 8.58. The molecule has 9 atom stereocenters. The minimum atomic E-state index is -4.72. The highest BCUT2D eigenvalue weighted by Gasteiger charge is 2.46. The lowest BCUT2D eigenvalue weighted by molar-refractivity contribution is -0.147. The number of nitrogens with zero attached hydrogens (tertiary/aromatic N) is 1. The van der Waals surface area contributed by atoms with Crippen LogP contribution >= 0.6 is 15.6 Å². The van der Waals surface area contributed by atoms with Gasteiger partial charge in [-0.3, -0.25) is 27.9 Å². The fraction of sp³-hybridized carbons (Fsp3) is 0.765. The molecule has 0 radical (unpaired) electrons. The van der Waals surface area contributed by atoms with Gasteiger partial charge in [-0.25, -0.2) is 13.9 Å². The molecule has 0 aromatic carbocycles. The minimum absolute atomic E-state index is 0.238. The maximum atomic E-state index is 12.2. The van der Waals surface area contributed by atoms with Crippen molar-refractivity contribution < 1.29 is 66.9 Å². The summed E-state index contributed by atoms with van der Waals surface area (Å²) >= 11 is 0. The van der Waals surface area contributed by atoms with Gasteiger partial charge in [0.05, 0.1) is 19.3 Å². The van der Waals surface area contributed by atoms with Crippen molar-refractivity contribution in [3.63, 3.8) is 0 Å². The molecule has 2 fully saturated rings. The molecule has 0 amide bonds. The zero-order chi connectivity index (χ0) is 28.0. The highest BCUT2D eigenvalue weighted by atomic mass is 31.3. The van der Waals surface area contributed by atoms with Gasteiger partial charge < -0.3 is 39.9 Å². The lowest BCUT2D eigenvalue weighted by atomic mass is 10.0. The van der Waals surface area contributed by atoms with E-state index in [2.05, 4.69) is 13.4 Å². The number of aromatic nitrogens is 2. The van der Waals surface area contributed by atoms with Gasteiger partial charge in [-0.15, -0.1) is 0 Å². The third-order valence-corrected chi connectivity index (χ3v) is 8.22. The fourth-order valence-electron chi connectivity index (χ4n) is 3.18. The number of nitrogens with one attached hydrogen (secondary N) is 1. The predicted molar refractivity (Wildman–Crippen MR) is 119 cm³/mol. The first-order valence-electron chi connectivity index (χ1n) is 10.6. The summed E-state index contributed by atoms with van der Waals surface area (Å²) in [5, 5.41) is 46.8. The van der Waals surface area contributed by atoms with Crippen LogP contribution in [-0.2, 0) is 36.5 Å². The summed E-state index contributed by atoms with van der Waals surface area (Å²) in [6, 6.07) is 1.00. The van der Waals surface area contributed by atoms with Crippen LogP contribution < -0.4 is 11.2 Å². The minimum Gasteiger partial charge on any atom is -0.394 e. The summed E-state index contributed by atoms with van der Waals surface area (Å²) in [5.74, 6) is 0. The molecule has 0 spiro atoms. The molecule has 3 rings (SSSR count). The Bertz CT molecular complexity index is 1080. The second-order valence-corrected chi connectivity index (χ2v) is 11.1. The summed E-state index contributed by atoms with van der Waals surface area (Å²) in [7, 11) is -7.59. The number of phosphoric ester groups is 2. The van der Waals surface area contributed by atoms with Crippen molar-refractivity contribution in [3.8, 4) is 0 Å². The van der Waals surface area contributed by atoms with E-state index >= 15 is 0 Å². The number of H-pyrrole nitrogens is 1. The number of hydrogen-bond donors (Lipinski definition) is 7. The van der Waals surface area contributed by atoms with Gasteiger partial charge in [0.1, 0.15) is 30.5 Å². The topological polar surface area (TPSA) is 266 Å². The highest BCUT2D eigenvalue weighted by Crippen LogP contribution is 2.62. The molecule has 8 unspecified atom stereocenters. The Balaban J connectivity index is 0.000000402. The highest BCUT2D eigenvalue weighted by molar-refractivity contribution is 7.61. The maximum Gasteiger partial charge on any atom is 0.483 e. The van der Waals surface area contributed by atoms with E-state index in [1.807, 2.05) is 4.98 Å². The number of ether oxygens (including phenoxy) is 2. The third-order valence-electron chi connectivity index (χ3n) is 5.22. The normalized spacial score (nSPS) is 33.1. The molecule has 37 heavy (non-hydrogen) atoms. The molecule has 214 valence electrons. The van der Waals surface area contributed by atoms with Crippen LogP contribution in [0.5, 0.6) is 0 Å². The van der Waals surface area contributed by atoms with Crippen LogP contribution in [0.4, 0.5) is 0 Å². The number of aromatic amines is 1. The molecule has 0 aliphatic carbocycles. The number of phosphoric acid groups is 2. The quantitative estimate of drug-likeness (QED) is 0.145. The first-order chi connectivity index (χ1) is 17.3. The summed E-state index contributed by atoms with van der Waals surface area (Å²) in [6.45, 7) is -0.538. The van der Waals surface area contributed by atoms with Crippen LogP contribution in [-0.4, -0.2) is 111 Å². The van der Waals surface area contributed by atoms with Crippen LogP contribution in [0.25, 0.3) is 0 Å². The second-order valence-electron chi connectivity index (χ2n) is 7.66. The number of rotatable bonds is 9. The van der Waals surface area contributed by atoms with Crippen LogP contribution in [0.15, 0.2) is 21.9 Å². The van der Waals surface area contributed by atoms with Crippen LogP contribution in [0.2, 0.25) is 0 Å². The van der Waals surface area contributed by atoms with E-state index in [-0.39, 0.29) is 6.61 Å². The Labute approximate surface area is 209 Å². The zero-order valence-electron chi connectivity index (χ0n) is 19.6. The van der Waals surface area contributed by atoms with Gasteiger partial charge >= 0.3 is 21.3 Å². The molecule has 18 nitrogen and oxygen atoms in total. The van der Waals surface area contributed by atoms with Crippen molar-refractivity contribution in [2.45, 2.75) is 49.3 Å². The zero-order valence-corrected chi connectivity index (χ0v) is 21.4. The fourth-order valence-corrected chi connectivity index (χ4v) is 5.34. The van der Waals surface area contributed by atoms with Crippen molar-refractivity contribution in [2.75, 3.05) is 34.0 Å². The van der Waals surface area contributed by atoms with Gasteiger partial charge in [-0.1, -0.05) is 0 Å². The van der Waals surface area contributed by atoms with E-state index in [0.29, 0.717) is 13.0 Å². The Morgan fingerprint density at radius 1 is 1.08 bits per heavy atom. The van der Waals surface area contributed by atoms with Gasteiger partial charge in [-0.05, 0) is 6.42 Å². The number of aliphatic hydroxyl groups is 5. The maximum absolute atomic E-state index is 12.2. The number of hydrogen-bond acceptors (Lipinski definition) is 15. The Morgan fingerprint density at radius 3 is 2.30 bits per heavy atom. The van der Waals surface area contributed by atoms with Crippen molar-refractivity contribution >= 4 is 15.6 Å². The molecule has 1 aromatic rings. The van der Waals surface area contributed by atoms with Gasteiger partial charge in [-0.2, -0.15) is 4.31 Å². The van der Waals surface area contributed by atoms with Crippen LogP contribution in [0, 0.1) is 0 Å². The Morgan fingerprint density at radius 2 is 1.76 bits per heavy atom. The van der Waals surface area contributed by atoms with Gasteiger partial charge in [0.25, 0.3) is 5.56 Å². The standard InChI is InChI=1S/C11H18N2O12P2.C6H12O4/c1-21-26(18,19)25-27(20,22-2)23-5-6-8(15)9(16)10(24-6)13-4-3-7(14)12-11(13)17;7-3-5-6(9)4(8)1-2-10-5/h3-4,6,8-10,15-16H,5H2,1-2H3,(H,18,19)(H,12,14,17);4-9H,1-3H2/t;4?,5-,6?/m.1/s1. The number of aliphatic hydroxyl groups excluding tert-OH is 5. The predicted octanol–water partition coefficient (Wildman–Crippen LogP) is -2.82. The average Bonchev–Trinajstić information content (AvgIpc) is 3.13. The summed E-state index contributed by atoms with van der Waals surface area (Å²) in [6.07, 6.45) is -6.70. The van der Waals surface area contributed by atoms with Crippen molar-refractivity contribution in [3.05, 3.63) is 33.1 Å². The second kappa shape index (κ2) is 13.6. The average molecular weight is 580 g/mol. The smallest absolute Gasteiger partial charge is 0.394 e. The van der Waals surface area contributed by atoms with Crippen LogP contribution in [0.1, 0.15) is 12.6 Å². The lowest BCUT2D eigenvalue weighted by Crippen LogP contribution is -2.46. The van der Waals surface area contributed by atoms with Crippen molar-refractivity contribution in [1.29, 1.82) is 0 Å².